The molecule has 1 aromatic carbocycles. The van der Waals surface area contributed by atoms with E-state index in [-0.39, 0.29) is 17.6 Å². The van der Waals surface area contributed by atoms with Gasteiger partial charge in [-0.2, -0.15) is 0 Å². The second kappa shape index (κ2) is 6.45. The summed E-state index contributed by atoms with van der Waals surface area (Å²) in [5.41, 5.74) is 0.296. The molecule has 0 bridgehead atoms. The minimum atomic E-state index is -0.492. The molecule has 0 aliphatic carbocycles. The molecule has 24 heavy (non-hydrogen) atoms. The lowest BCUT2D eigenvalue weighted by Crippen LogP contribution is -2.55. The molecule has 1 saturated heterocycles. The molecule has 1 atom stereocenters. The monoisotopic (exact) mass is 332 g/mol. The number of amides is 1. The second-order valence-electron chi connectivity index (χ2n) is 6.67. The summed E-state index contributed by atoms with van der Waals surface area (Å²) in [6, 6.07) is 6.11. The first-order chi connectivity index (χ1) is 11.4. The Morgan fingerprint density at radius 3 is 3.04 bits per heavy atom. The van der Waals surface area contributed by atoms with Crippen LogP contribution < -0.4 is 0 Å². The van der Waals surface area contributed by atoms with Gasteiger partial charge in [-0.25, -0.2) is 4.39 Å². The van der Waals surface area contributed by atoms with Gasteiger partial charge < -0.3 is 14.4 Å². The third kappa shape index (κ3) is 3.39. The molecule has 128 valence electrons. The summed E-state index contributed by atoms with van der Waals surface area (Å²) in [5.74, 6) is -0.685. The predicted octanol–water partition coefficient (Wildman–Crippen LogP) is 2.64. The summed E-state index contributed by atoms with van der Waals surface area (Å²) in [5, 5.41) is 0.613. The van der Waals surface area contributed by atoms with Crippen LogP contribution in [-0.4, -0.2) is 54.3 Å². The fourth-order valence-corrected chi connectivity index (χ4v) is 3.21. The van der Waals surface area contributed by atoms with Gasteiger partial charge in [0.2, 0.25) is 0 Å². The number of hydrogen-bond donors (Lipinski definition) is 0. The van der Waals surface area contributed by atoms with Crippen LogP contribution >= 0.6 is 0 Å². The van der Waals surface area contributed by atoms with Gasteiger partial charge in [-0.05, 0) is 32.0 Å². The van der Waals surface area contributed by atoms with Gasteiger partial charge >= 0.3 is 0 Å². The Hall–Kier alpha value is -2.05. The van der Waals surface area contributed by atoms with Crippen LogP contribution in [0.3, 0.4) is 0 Å². The fourth-order valence-electron chi connectivity index (χ4n) is 3.21. The van der Waals surface area contributed by atoms with E-state index in [1.807, 2.05) is 13.8 Å². The van der Waals surface area contributed by atoms with E-state index < -0.39 is 11.4 Å². The lowest BCUT2D eigenvalue weighted by atomic mass is 10.0. The third-order valence-corrected chi connectivity index (χ3v) is 4.02. The van der Waals surface area contributed by atoms with Crippen molar-refractivity contribution in [2.45, 2.75) is 25.6 Å². The van der Waals surface area contributed by atoms with Crippen LogP contribution in [0.4, 0.5) is 4.39 Å². The molecule has 0 spiro atoms. The molecule has 1 aromatic heterocycles. The first-order valence-corrected chi connectivity index (χ1v) is 7.90. The average Bonchev–Trinajstić information content (AvgIpc) is 2.52. The highest BCUT2D eigenvalue weighted by molar-refractivity contribution is 6.05. The normalized spacial score (nSPS) is 20.3. The van der Waals surface area contributed by atoms with Crippen LogP contribution in [-0.2, 0) is 9.47 Å². The number of halogens is 1. The fraction of sp³-hybridized carbons (Fsp3) is 0.444. The number of rotatable bonds is 3. The van der Waals surface area contributed by atoms with Crippen molar-refractivity contribution < 1.29 is 18.7 Å². The molecule has 2 aromatic rings. The van der Waals surface area contributed by atoms with E-state index in [0.717, 1.165) is 0 Å². The molecular formula is C18H21FN2O3. The molecule has 6 heteroatoms. The molecule has 2 heterocycles. The SMILES string of the molecule is COC[C@@H]1CN(C(=O)c2cc(F)cc3cccnc23)CC(C)(C)O1. The van der Waals surface area contributed by atoms with Crippen LogP contribution in [0, 0.1) is 5.82 Å². The van der Waals surface area contributed by atoms with Crippen LogP contribution in [0.5, 0.6) is 0 Å². The van der Waals surface area contributed by atoms with Gasteiger partial charge in [-0.15, -0.1) is 0 Å². The average molecular weight is 332 g/mol. The molecule has 1 aliphatic heterocycles. The number of aromatic nitrogens is 1. The zero-order valence-corrected chi connectivity index (χ0v) is 14.1. The molecule has 5 nitrogen and oxygen atoms in total. The molecule has 0 N–H and O–H groups in total. The third-order valence-electron chi connectivity index (χ3n) is 4.02. The summed E-state index contributed by atoms with van der Waals surface area (Å²) < 4.78 is 25.0. The van der Waals surface area contributed by atoms with E-state index in [4.69, 9.17) is 9.47 Å². The molecule has 1 fully saturated rings. The number of hydrogen-bond acceptors (Lipinski definition) is 4. The van der Waals surface area contributed by atoms with Gasteiger partial charge in [-0.3, -0.25) is 9.78 Å². The number of pyridine rings is 1. The summed E-state index contributed by atoms with van der Waals surface area (Å²) >= 11 is 0. The van der Waals surface area contributed by atoms with Gasteiger partial charge in [0.1, 0.15) is 5.82 Å². The zero-order valence-electron chi connectivity index (χ0n) is 14.1. The van der Waals surface area contributed by atoms with E-state index in [0.29, 0.717) is 30.6 Å². The van der Waals surface area contributed by atoms with Crippen molar-refractivity contribution in [2.75, 3.05) is 26.8 Å². The van der Waals surface area contributed by atoms with Crippen LogP contribution in [0.25, 0.3) is 10.9 Å². The van der Waals surface area contributed by atoms with Crippen molar-refractivity contribution in [3.63, 3.8) is 0 Å². The summed E-state index contributed by atoms with van der Waals surface area (Å²) in [7, 11) is 1.60. The standard InChI is InChI=1S/C18H21FN2O3/c1-18(2)11-21(9-14(24-18)10-23-3)17(22)15-8-13(19)7-12-5-4-6-20-16(12)15/h4-8,14H,9-11H2,1-3H3/t14-/m0/s1. The first kappa shape index (κ1) is 16.8. The van der Waals surface area contributed by atoms with Crippen molar-refractivity contribution >= 4 is 16.8 Å². The Balaban J connectivity index is 1.96. The van der Waals surface area contributed by atoms with Crippen molar-refractivity contribution in [1.29, 1.82) is 0 Å². The second-order valence-corrected chi connectivity index (χ2v) is 6.67. The summed E-state index contributed by atoms with van der Waals surface area (Å²) in [4.78, 5) is 19.0. The van der Waals surface area contributed by atoms with E-state index in [1.54, 1.807) is 30.3 Å². The molecule has 0 unspecified atom stereocenters. The maximum absolute atomic E-state index is 13.9. The van der Waals surface area contributed by atoms with Crippen LogP contribution in [0.1, 0.15) is 24.2 Å². The van der Waals surface area contributed by atoms with Gasteiger partial charge in [0.25, 0.3) is 5.91 Å². The van der Waals surface area contributed by atoms with Gasteiger partial charge in [0.15, 0.2) is 0 Å². The maximum atomic E-state index is 13.9. The van der Waals surface area contributed by atoms with E-state index in [1.165, 1.54) is 12.1 Å². The molecule has 0 saturated carbocycles. The number of carbonyl (C=O) groups is 1. The summed E-state index contributed by atoms with van der Waals surface area (Å²) in [6.45, 7) is 5.08. The van der Waals surface area contributed by atoms with E-state index in [9.17, 15) is 9.18 Å². The highest BCUT2D eigenvalue weighted by atomic mass is 19.1. The molecule has 1 aliphatic rings. The largest absolute Gasteiger partial charge is 0.382 e. The smallest absolute Gasteiger partial charge is 0.256 e. The van der Waals surface area contributed by atoms with E-state index >= 15 is 0 Å². The summed E-state index contributed by atoms with van der Waals surface area (Å²) in [6.07, 6.45) is 1.39. The molecule has 0 radical (unpaired) electrons. The van der Waals surface area contributed by atoms with Gasteiger partial charge in [0, 0.05) is 31.8 Å². The Morgan fingerprint density at radius 1 is 1.50 bits per heavy atom. The highest BCUT2D eigenvalue weighted by Gasteiger charge is 2.36. The lowest BCUT2D eigenvalue weighted by molar-refractivity contribution is -0.143. The lowest BCUT2D eigenvalue weighted by Gasteiger charge is -2.42. The van der Waals surface area contributed by atoms with Crippen molar-refractivity contribution in [3.8, 4) is 0 Å². The van der Waals surface area contributed by atoms with Gasteiger partial charge in [0.05, 0.1) is 29.4 Å². The van der Waals surface area contributed by atoms with Gasteiger partial charge in [-0.1, -0.05) is 6.07 Å². The molecule has 1 amide bonds. The van der Waals surface area contributed by atoms with E-state index in [2.05, 4.69) is 4.98 Å². The minimum absolute atomic E-state index is 0.213. The van der Waals surface area contributed by atoms with Crippen molar-refractivity contribution in [2.24, 2.45) is 0 Å². The number of ether oxygens (including phenoxy) is 2. The number of carbonyl (C=O) groups excluding carboxylic acids is 1. The minimum Gasteiger partial charge on any atom is -0.382 e. The highest BCUT2D eigenvalue weighted by Crippen LogP contribution is 2.25. The Labute approximate surface area is 140 Å². The predicted molar refractivity (Wildman–Crippen MR) is 88.4 cm³/mol. The first-order valence-electron chi connectivity index (χ1n) is 7.90. The maximum Gasteiger partial charge on any atom is 0.256 e. The topological polar surface area (TPSA) is 51.7 Å². The van der Waals surface area contributed by atoms with Crippen molar-refractivity contribution in [1.82, 2.24) is 9.88 Å². The van der Waals surface area contributed by atoms with Crippen molar-refractivity contribution in [3.05, 3.63) is 41.8 Å². The number of methoxy groups -OCH3 is 1. The van der Waals surface area contributed by atoms with Crippen LogP contribution in [0.15, 0.2) is 30.5 Å². The molecule has 3 rings (SSSR count). The molecular weight excluding hydrogens is 311 g/mol. The number of fused-ring (bicyclic) bond motifs is 1. The number of morpholine rings is 1. The number of benzene rings is 1. The Kier molecular flexibility index (Phi) is 4.51. The zero-order chi connectivity index (χ0) is 17.3. The Morgan fingerprint density at radius 2 is 2.29 bits per heavy atom. The van der Waals surface area contributed by atoms with Crippen LogP contribution in [0.2, 0.25) is 0 Å². The number of nitrogens with zero attached hydrogens (tertiary/aromatic N) is 2. The Bertz CT molecular complexity index is 763. The quantitative estimate of drug-likeness (QED) is 0.867.